The number of allylic oxidation sites excluding steroid dienone is 8. The molecular formula is C36H38N4O6. The predicted octanol–water partition coefficient (Wildman–Crippen LogP) is 4.72. The molecule has 0 aliphatic carbocycles. The van der Waals surface area contributed by atoms with Gasteiger partial charge in [-0.05, 0) is 112 Å². The highest BCUT2D eigenvalue weighted by Crippen LogP contribution is 2.35. The molecule has 0 aromatic carbocycles. The number of esters is 2. The molecule has 10 heteroatoms. The molecule has 238 valence electrons. The van der Waals surface area contributed by atoms with Gasteiger partial charge in [-0.3, -0.25) is 14.4 Å². The Morgan fingerprint density at radius 1 is 0.761 bits per heavy atom. The van der Waals surface area contributed by atoms with E-state index in [9.17, 15) is 19.5 Å². The number of aromatic nitrogens is 1. The first-order chi connectivity index (χ1) is 22.1. The van der Waals surface area contributed by atoms with E-state index >= 15 is 0 Å². The number of carbonyl (C=O) groups excluding carboxylic acids is 3. The molecule has 0 radical (unpaired) electrons. The highest BCUT2D eigenvalue weighted by Gasteiger charge is 2.27. The van der Waals surface area contributed by atoms with E-state index in [4.69, 9.17) is 24.5 Å². The fraction of sp³-hybridized carbons (Fsp3) is 0.333. The standard InChI is InChI=1S/C36H38N4O6/c1-7-45-35(43)11-9-23-19(3)27-15-33-26(18-42)22(6)30(40-33)14-32-24(10-12-36(44)46-8-2)20(4)28(38-32)16-34-25(17-41)21(5)29(39-34)13-31(23)37-27/h13-18,39,41H,7-12H2,1-6H3/b25-17-,31-13?,32-14?,33-15?,34-16?. The SMILES string of the molecule is CCOC(=O)CCC1=C(C)C2=NC1=Cc1[nH]c(/c(=C\O)c1C)=CC1=NC(=CC3=NC(=C2)C(C=O)=C3C)C(CCC(=O)OCC)=C1C. The van der Waals surface area contributed by atoms with Crippen LogP contribution in [0.4, 0.5) is 0 Å². The monoisotopic (exact) mass is 622 g/mol. The van der Waals surface area contributed by atoms with Gasteiger partial charge >= 0.3 is 11.9 Å². The minimum Gasteiger partial charge on any atom is -0.515 e. The lowest BCUT2D eigenvalue weighted by molar-refractivity contribution is -0.144. The van der Waals surface area contributed by atoms with Gasteiger partial charge in [0.25, 0.3) is 0 Å². The Morgan fingerprint density at radius 3 is 1.80 bits per heavy atom. The van der Waals surface area contributed by atoms with Crippen molar-refractivity contribution in [2.75, 3.05) is 13.2 Å². The van der Waals surface area contributed by atoms with Gasteiger partial charge in [-0.25, -0.2) is 15.0 Å². The molecule has 2 N–H and O–H groups in total. The number of hydrogen-bond acceptors (Lipinski definition) is 9. The number of H-pyrrole nitrogens is 1. The van der Waals surface area contributed by atoms with Crippen molar-refractivity contribution in [1.82, 2.24) is 4.98 Å². The third-order valence-electron chi connectivity index (χ3n) is 8.57. The zero-order valence-electron chi connectivity index (χ0n) is 27.0. The highest BCUT2D eigenvalue weighted by atomic mass is 16.5. The first kappa shape index (κ1) is 32.3. The molecule has 4 aliphatic rings. The Hall–Kier alpha value is -5.12. The lowest BCUT2D eigenvalue weighted by Gasteiger charge is -2.07. The van der Waals surface area contributed by atoms with E-state index in [1.807, 2.05) is 45.9 Å². The number of fused-ring (bicyclic) bond motifs is 5. The molecular weight excluding hydrogens is 584 g/mol. The van der Waals surface area contributed by atoms with Crippen LogP contribution >= 0.6 is 0 Å². The second kappa shape index (κ2) is 13.5. The normalized spacial score (nSPS) is 17.7. The van der Waals surface area contributed by atoms with Gasteiger partial charge in [0.1, 0.15) is 0 Å². The van der Waals surface area contributed by atoms with Crippen LogP contribution in [0.3, 0.4) is 0 Å². The summed E-state index contributed by atoms with van der Waals surface area (Å²) in [6, 6.07) is 0. The van der Waals surface area contributed by atoms with Gasteiger partial charge < -0.3 is 19.6 Å². The molecule has 5 heterocycles. The Balaban J connectivity index is 1.73. The van der Waals surface area contributed by atoms with Crippen LogP contribution in [0, 0.1) is 6.92 Å². The van der Waals surface area contributed by atoms with E-state index in [-0.39, 0.29) is 24.8 Å². The van der Waals surface area contributed by atoms with Gasteiger partial charge in [0, 0.05) is 29.3 Å². The Kier molecular flexibility index (Phi) is 9.46. The first-order valence-electron chi connectivity index (χ1n) is 15.4. The summed E-state index contributed by atoms with van der Waals surface area (Å²) in [5.74, 6) is -0.588. The van der Waals surface area contributed by atoms with E-state index < -0.39 is 0 Å². The number of aldehydes is 1. The van der Waals surface area contributed by atoms with Gasteiger partial charge in [0.05, 0.1) is 59.1 Å². The summed E-state index contributed by atoms with van der Waals surface area (Å²) in [7, 11) is 0. The number of nitrogens with zero attached hydrogens (tertiary/aromatic N) is 3. The number of aliphatic hydroxyl groups excluding tert-OH is 1. The average Bonchev–Trinajstić information content (AvgIpc) is 3.68. The molecule has 5 rings (SSSR count). The molecule has 1 aromatic rings. The molecule has 46 heavy (non-hydrogen) atoms. The van der Waals surface area contributed by atoms with Crippen LogP contribution in [-0.4, -0.2) is 58.7 Å². The summed E-state index contributed by atoms with van der Waals surface area (Å²) < 4.78 is 10.3. The average molecular weight is 623 g/mol. The van der Waals surface area contributed by atoms with Gasteiger partial charge in [0.15, 0.2) is 6.29 Å². The zero-order valence-corrected chi connectivity index (χ0v) is 27.0. The molecule has 4 aliphatic heterocycles. The summed E-state index contributed by atoms with van der Waals surface area (Å²) in [5.41, 5.74) is 9.86. The molecule has 0 amide bonds. The number of nitrogens with one attached hydrogen (secondary N) is 1. The second-order valence-electron chi connectivity index (χ2n) is 11.3. The minimum atomic E-state index is -0.295. The topological polar surface area (TPSA) is 143 Å². The lowest BCUT2D eigenvalue weighted by atomic mass is 9.98. The number of aromatic amines is 1. The largest absolute Gasteiger partial charge is 0.515 e. The molecule has 8 bridgehead atoms. The molecule has 0 saturated heterocycles. The van der Waals surface area contributed by atoms with Crippen molar-refractivity contribution >= 4 is 53.8 Å². The van der Waals surface area contributed by atoms with E-state index in [1.165, 1.54) is 0 Å². The summed E-state index contributed by atoms with van der Waals surface area (Å²) in [6.45, 7) is 11.8. The summed E-state index contributed by atoms with van der Waals surface area (Å²) in [6.07, 6.45) is 10.5. The van der Waals surface area contributed by atoms with Crippen molar-refractivity contribution in [1.29, 1.82) is 0 Å². The number of carbonyl (C=O) groups is 3. The van der Waals surface area contributed by atoms with Crippen LogP contribution < -0.4 is 10.6 Å². The molecule has 1 aromatic heterocycles. The van der Waals surface area contributed by atoms with Gasteiger partial charge in [-0.15, -0.1) is 0 Å². The van der Waals surface area contributed by atoms with Gasteiger partial charge in [0.2, 0.25) is 0 Å². The van der Waals surface area contributed by atoms with Crippen molar-refractivity contribution < 1.29 is 29.0 Å². The van der Waals surface area contributed by atoms with Gasteiger partial charge in [-0.2, -0.15) is 0 Å². The van der Waals surface area contributed by atoms with E-state index in [0.29, 0.717) is 82.0 Å². The first-order valence-corrected chi connectivity index (χ1v) is 15.4. The van der Waals surface area contributed by atoms with E-state index in [1.54, 1.807) is 19.9 Å². The van der Waals surface area contributed by atoms with Crippen molar-refractivity contribution in [3.05, 3.63) is 84.5 Å². The predicted molar refractivity (Wildman–Crippen MR) is 179 cm³/mol. The van der Waals surface area contributed by atoms with Gasteiger partial charge in [-0.1, -0.05) is 0 Å². The third-order valence-corrected chi connectivity index (χ3v) is 8.57. The lowest BCUT2D eigenvalue weighted by Crippen LogP contribution is -2.25. The number of aliphatic hydroxyl groups is 1. The quantitative estimate of drug-likeness (QED) is 0.301. The fourth-order valence-electron chi connectivity index (χ4n) is 5.94. The Morgan fingerprint density at radius 2 is 1.26 bits per heavy atom. The summed E-state index contributed by atoms with van der Waals surface area (Å²) in [5, 5.41) is 11.5. The summed E-state index contributed by atoms with van der Waals surface area (Å²) >= 11 is 0. The zero-order chi connectivity index (χ0) is 33.1. The molecule has 0 spiro atoms. The number of hydrogen-bond donors (Lipinski definition) is 2. The Labute approximate surface area is 267 Å². The number of aliphatic imine (C=N–C) groups is 3. The number of ether oxygens (including phenoxy) is 2. The molecule has 0 atom stereocenters. The van der Waals surface area contributed by atoms with Crippen molar-refractivity contribution in [2.24, 2.45) is 15.0 Å². The van der Waals surface area contributed by atoms with Crippen LogP contribution in [0.25, 0.3) is 18.4 Å². The second-order valence-corrected chi connectivity index (χ2v) is 11.3. The molecule has 0 saturated carbocycles. The number of rotatable bonds is 9. The van der Waals surface area contributed by atoms with Crippen molar-refractivity contribution in [3.8, 4) is 0 Å². The Bertz CT molecular complexity index is 1950. The maximum Gasteiger partial charge on any atom is 0.306 e. The fourth-order valence-corrected chi connectivity index (χ4v) is 5.94. The minimum absolute atomic E-state index is 0.186. The van der Waals surface area contributed by atoms with E-state index in [0.717, 1.165) is 46.1 Å². The van der Waals surface area contributed by atoms with Crippen LogP contribution in [-0.2, 0) is 23.9 Å². The molecule has 0 fully saturated rings. The van der Waals surface area contributed by atoms with Crippen LogP contribution in [0.15, 0.2) is 77.7 Å². The van der Waals surface area contributed by atoms with Crippen LogP contribution in [0.2, 0.25) is 0 Å². The maximum absolute atomic E-state index is 12.3. The van der Waals surface area contributed by atoms with Crippen molar-refractivity contribution in [2.45, 2.75) is 67.2 Å². The highest BCUT2D eigenvalue weighted by molar-refractivity contribution is 6.24. The molecule has 0 unspecified atom stereocenters. The van der Waals surface area contributed by atoms with Crippen molar-refractivity contribution in [3.63, 3.8) is 0 Å². The molecule has 10 nitrogen and oxygen atoms in total. The smallest absolute Gasteiger partial charge is 0.306 e. The summed E-state index contributed by atoms with van der Waals surface area (Å²) in [4.78, 5) is 55.1. The van der Waals surface area contributed by atoms with E-state index in [2.05, 4.69) is 4.98 Å². The maximum atomic E-state index is 12.3. The third kappa shape index (κ3) is 6.20. The van der Waals surface area contributed by atoms with Crippen LogP contribution in [0.1, 0.15) is 71.6 Å². The van der Waals surface area contributed by atoms with Crippen LogP contribution in [0.5, 0.6) is 0 Å².